The highest BCUT2D eigenvalue weighted by atomic mass is 79.9. The minimum atomic E-state index is -0.750. The van der Waals surface area contributed by atoms with Crippen molar-refractivity contribution in [3.05, 3.63) is 75.3 Å². The number of pyridine rings is 1. The molecule has 9 nitrogen and oxygen atoms in total. The largest absolute Gasteiger partial charge is 0.418 e. The molecule has 156 valence electrons. The van der Waals surface area contributed by atoms with E-state index in [4.69, 9.17) is 4.74 Å². The Morgan fingerprint density at radius 3 is 2.48 bits per heavy atom. The van der Waals surface area contributed by atoms with E-state index in [0.29, 0.717) is 15.5 Å². The number of carbonyl (C=O) groups is 1. The molecule has 0 saturated heterocycles. The molecule has 0 aliphatic heterocycles. The van der Waals surface area contributed by atoms with Crippen LogP contribution in [0.25, 0.3) is 10.3 Å². The highest BCUT2D eigenvalue weighted by Crippen LogP contribution is 2.29. The Labute approximate surface area is 188 Å². The number of nitrogens with zero attached hydrogens (tertiary/aromatic N) is 4. The van der Waals surface area contributed by atoms with Gasteiger partial charge in [0.05, 0.1) is 4.92 Å². The molecule has 0 fully saturated rings. The maximum Gasteiger partial charge on any atom is 0.418 e. The van der Waals surface area contributed by atoms with Gasteiger partial charge in [0, 0.05) is 29.3 Å². The van der Waals surface area contributed by atoms with Gasteiger partial charge in [0.25, 0.3) is 5.69 Å². The summed E-state index contributed by atoms with van der Waals surface area (Å²) in [5.74, 6) is 0.916. The van der Waals surface area contributed by atoms with Crippen molar-refractivity contribution in [3.63, 3.8) is 0 Å². The molecule has 0 spiro atoms. The molecule has 0 aliphatic rings. The molecule has 0 atom stereocenters. The van der Waals surface area contributed by atoms with Gasteiger partial charge < -0.3 is 9.64 Å². The third-order valence-electron chi connectivity index (χ3n) is 4.27. The average molecular weight is 500 g/mol. The van der Waals surface area contributed by atoms with Crippen molar-refractivity contribution < 1.29 is 14.5 Å². The van der Waals surface area contributed by atoms with Crippen molar-refractivity contribution in [3.8, 4) is 5.75 Å². The van der Waals surface area contributed by atoms with Crippen LogP contribution < -0.4 is 15.0 Å². The fraction of sp³-hybridized carbons (Fsp3) is 0.0500. The minimum Gasteiger partial charge on any atom is -0.410 e. The van der Waals surface area contributed by atoms with Crippen LogP contribution >= 0.6 is 27.3 Å². The summed E-state index contributed by atoms with van der Waals surface area (Å²) in [6, 6.07) is 16.8. The zero-order valence-corrected chi connectivity index (χ0v) is 18.4. The molecule has 1 N–H and O–H groups in total. The molecule has 0 radical (unpaired) electrons. The van der Waals surface area contributed by atoms with Crippen LogP contribution in [0.3, 0.4) is 0 Å². The highest BCUT2D eigenvalue weighted by Gasteiger charge is 2.13. The average Bonchev–Trinajstić information content (AvgIpc) is 3.15. The number of halogens is 1. The van der Waals surface area contributed by atoms with Gasteiger partial charge in [0.1, 0.15) is 21.9 Å². The smallest absolute Gasteiger partial charge is 0.410 e. The Morgan fingerprint density at radius 1 is 1.10 bits per heavy atom. The van der Waals surface area contributed by atoms with Crippen LogP contribution in [0.4, 0.5) is 27.1 Å². The van der Waals surface area contributed by atoms with Gasteiger partial charge in [-0.3, -0.25) is 15.4 Å². The van der Waals surface area contributed by atoms with Crippen molar-refractivity contribution in [2.24, 2.45) is 0 Å². The second kappa shape index (κ2) is 8.66. The van der Waals surface area contributed by atoms with Crippen LogP contribution in [-0.2, 0) is 0 Å². The molecule has 2 aromatic heterocycles. The lowest BCUT2D eigenvalue weighted by Gasteiger charge is -2.18. The Kier molecular flexibility index (Phi) is 5.78. The number of aromatic nitrogens is 2. The van der Waals surface area contributed by atoms with Crippen LogP contribution in [0.2, 0.25) is 0 Å². The number of benzene rings is 2. The molecule has 2 heterocycles. The molecule has 4 aromatic rings. The number of thiazole rings is 1. The van der Waals surface area contributed by atoms with Gasteiger partial charge in [0.2, 0.25) is 0 Å². The van der Waals surface area contributed by atoms with Crippen molar-refractivity contribution in [2.75, 3.05) is 17.3 Å². The van der Waals surface area contributed by atoms with E-state index in [1.165, 1.54) is 35.6 Å². The normalized spacial score (nSPS) is 10.6. The molecule has 11 heteroatoms. The van der Waals surface area contributed by atoms with Gasteiger partial charge in [-0.05, 0) is 48.5 Å². The second-order valence-electron chi connectivity index (χ2n) is 6.31. The maximum absolute atomic E-state index is 12.1. The number of ether oxygens (including phenoxy) is 1. The Hall–Kier alpha value is -3.57. The third-order valence-corrected chi connectivity index (χ3v) is 5.67. The van der Waals surface area contributed by atoms with Crippen molar-refractivity contribution >= 4 is 66.0 Å². The Bertz CT molecular complexity index is 1260. The van der Waals surface area contributed by atoms with Gasteiger partial charge in [-0.1, -0.05) is 27.3 Å². The number of nitro groups is 1. The lowest BCUT2D eigenvalue weighted by molar-refractivity contribution is -0.384. The number of carbonyl (C=O) groups excluding carboxylic acids is 1. The summed E-state index contributed by atoms with van der Waals surface area (Å²) in [6.07, 6.45) is -0.750. The van der Waals surface area contributed by atoms with E-state index < -0.39 is 11.0 Å². The summed E-state index contributed by atoms with van der Waals surface area (Å²) in [5.41, 5.74) is 1.53. The molecule has 0 saturated carbocycles. The predicted octanol–water partition coefficient (Wildman–Crippen LogP) is 5.74. The first-order chi connectivity index (χ1) is 14.9. The SMILES string of the molecule is CN(c1ccc(Br)cc1)c1ccc2nc(NC(=O)Oc3ccc([N+](=O)[O-])cc3)sc2n1. The van der Waals surface area contributed by atoms with Crippen molar-refractivity contribution in [1.82, 2.24) is 9.97 Å². The number of amides is 1. The number of nitro benzene ring substituents is 1. The first-order valence-corrected chi connectivity index (χ1v) is 10.5. The first kappa shape index (κ1) is 20.7. The molecule has 0 unspecified atom stereocenters. The highest BCUT2D eigenvalue weighted by molar-refractivity contribution is 9.10. The van der Waals surface area contributed by atoms with Gasteiger partial charge >= 0.3 is 6.09 Å². The summed E-state index contributed by atoms with van der Waals surface area (Å²) in [7, 11) is 1.92. The van der Waals surface area contributed by atoms with E-state index in [0.717, 1.165) is 16.0 Å². The molecule has 2 aromatic carbocycles. The molecule has 0 aliphatic carbocycles. The minimum absolute atomic E-state index is 0.0890. The third kappa shape index (κ3) is 4.78. The summed E-state index contributed by atoms with van der Waals surface area (Å²) >= 11 is 4.64. The lowest BCUT2D eigenvalue weighted by atomic mass is 10.3. The fourth-order valence-electron chi connectivity index (χ4n) is 2.70. The molecule has 31 heavy (non-hydrogen) atoms. The predicted molar refractivity (Wildman–Crippen MR) is 122 cm³/mol. The summed E-state index contributed by atoms with van der Waals surface area (Å²) in [6.45, 7) is 0. The number of hydrogen-bond donors (Lipinski definition) is 1. The molecule has 0 bridgehead atoms. The van der Waals surface area contributed by atoms with Crippen LogP contribution in [0.5, 0.6) is 5.75 Å². The van der Waals surface area contributed by atoms with Crippen molar-refractivity contribution in [2.45, 2.75) is 0 Å². The Morgan fingerprint density at radius 2 is 1.81 bits per heavy atom. The topological polar surface area (TPSA) is 110 Å². The van der Waals surface area contributed by atoms with E-state index in [1.807, 2.05) is 48.3 Å². The zero-order valence-electron chi connectivity index (χ0n) is 16.0. The van der Waals surface area contributed by atoms with Crippen molar-refractivity contribution in [1.29, 1.82) is 0 Å². The summed E-state index contributed by atoms with van der Waals surface area (Å²) in [5, 5.41) is 13.6. The quantitative estimate of drug-likeness (QED) is 0.275. The standard InChI is InChI=1S/C20H14BrN5O4S/c1-25(13-4-2-12(21)3-5-13)17-11-10-16-18(23-17)31-19(22-16)24-20(27)30-15-8-6-14(7-9-15)26(28)29/h2-11H,1H3,(H,22,24,27). The molecule has 4 rings (SSSR count). The van der Waals surface area contributed by atoms with Crippen LogP contribution in [-0.4, -0.2) is 28.0 Å². The van der Waals surface area contributed by atoms with Gasteiger partial charge in [-0.15, -0.1) is 0 Å². The van der Waals surface area contributed by atoms with E-state index in [1.54, 1.807) is 0 Å². The number of fused-ring (bicyclic) bond motifs is 1. The van der Waals surface area contributed by atoms with E-state index in [9.17, 15) is 14.9 Å². The Balaban J connectivity index is 1.47. The number of rotatable bonds is 5. The van der Waals surface area contributed by atoms with Gasteiger partial charge in [-0.2, -0.15) is 0 Å². The van der Waals surface area contributed by atoms with E-state index >= 15 is 0 Å². The summed E-state index contributed by atoms with van der Waals surface area (Å²) in [4.78, 5) is 33.9. The van der Waals surface area contributed by atoms with Crippen LogP contribution in [0, 0.1) is 10.1 Å². The molecular weight excluding hydrogens is 486 g/mol. The monoisotopic (exact) mass is 499 g/mol. The number of anilines is 3. The number of hydrogen-bond acceptors (Lipinski definition) is 8. The fourth-order valence-corrected chi connectivity index (χ4v) is 3.78. The molecule has 1 amide bonds. The number of non-ortho nitro benzene ring substituents is 1. The van der Waals surface area contributed by atoms with Gasteiger partial charge in [0.15, 0.2) is 5.13 Å². The zero-order chi connectivity index (χ0) is 22.0. The van der Waals surface area contributed by atoms with Gasteiger partial charge in [-0.25, -0.2) is 14.8 Å². The number of nitrogens with one attached hydrogen (secondary N) is 1. The second-order valence-corrected chi connectivity index (χ2v) is 8.21. The molecular formula is C20H14BrN5O4S. The van der Waals surface area contributed by atoms with E-state index in [-0.39, 0.29) is 11.4 Å². The van der Waals surface area contributed by atoms with Crippen LogP contribution in [0.15, 0.2) is 65.1 Å². The van der Waals surface area contributed by atoms with Crippen LogP contribution in [0.1, 0.15) is 0 Å². The summed E-state index contributed by atoms with van der Waals surface area (Å²) < 4.78 is 6.13. The lowest BCUT2D eigenvalue weighted by Crippen LogP contribution is -2.16. The maximum atomic E-state index is 12.1. The first-order valence-electron chi connectivity index (χ1n) is 8.89. The van der Waals surface area contributed by atoms with E-state index in [2.05, 4.69) is 31.2 Å².